The molecule has 1 rings (SSSR count). The summed E-state index contributed by atoms with van der Waals surface area (Å²) < 4.78 is 5.19. The summed E-state index contributed by atoms with van der Waals surface area (Å²) in [4.78, 5) is 4.42. The molecule has 0 aromatic carbocycles. The van der Waals surface area contributed by atoms with Gasteiger partial charge in [-0.1, -0.05) is 0 Å². The summed E-state index contributed by atoms with van der Waals surface area (Å²) in [6, 6.07) is 3.87. The number of aryl methyl sites for hydroxylation is 1. The molecule has 0 aliphatic rings. The van der Waals surface area contributed by atoms with Crippen LogP contribution in [0.25, 0.3) is 0 Å². The maximum Gasteiger partial charge on any atom is 0.122 e. The molecule has 1 N–H and O–H groups in total. The highest BCUT2D eigenvalue weighted by molar-refractivity contribution is 6.20. The van der Waals surface area contributed by atoms with Crippen LogP contribution in [0.1, 0.15) is 24.7 Å². The van der Waals surface area contributed by atoms with E-state index in [-0.39, 0.29) is 5.38 Å². The quantitative estimate of drug-likeness (QED) is 0.615. The fourth-order valence-electron chi connectivity index (χ4n) is 1.43. The normalized spacial score (nSPS) is 12.5. The number of aromatic nitrogens is 1. The summed E-state index contributed by atoms with van der Waals surface area (Å²) in [5.41, 5.74) is 1.97. The van der Waals surface area contributed by atoms with Crippen molar-refractivity contribution in [2.75, 3.05) is 13.7 Å². The van der Waals surface area contributed by atoms with Gasteiger partial charge in [0.05, 0.1) is 12.8 Å². The minimum atomic E-state index is 0.215. The fraction of sp³-hybridized carbons (Fsp3) is 0.583. The monoisotopic (exact) mass is 242 g/mol. The van der Waals surface area contributed by atoms with Gasteiger partial charge in [0.1, 0.15) is 5.75 Å². The van der Waals surface area contributed by atoms with E-state index in [1.54, 1.807) is 7.11 Å². The average Bonchev–Trinajstić information content (AvgIpc) is 2.23. The molecule has 16 heavy (non-hydrogen) atoms. The molecule has 4 heteroatoms. The molecule has 1 unspecified atom stereocenters. The molecule has 90 valence electrons. The Morgan fingerprint density at radius 2 is 2.25 bits per heavy atom. The number of nitrogens with one attached hydrogen (secondary N) is 1. The van der Waals surface area contributed by atoms with Gasteiger partial charge in [0, 0.05) is 29.7 Å². The van der Waals surface area contributed by atoms with E-state index in [4.69, 9.17) is 16.3 Å². The summed E-state index contributed by atoms with van der Waals surface area (Å²) >= 11 is 5.86. The Morgan fingerprint density at radius 1 is 1.50 bits per heavy atom. The molecule has 1 atom stereocenters. The standard InChI is InChI=1S/C12H19ClN2O/c1-9(13)4-5-14-8-11-7-12(16-3)6-10(2)15-11/h6-7,9,14H,4-5,8H2,1-3H3. The largest absolute Gasteiger partial charge is 0.497 e. The van der Waals surface area contributed by atoms with Gasteiger partial charge in [0.2, 0.25) is 0 Å². The van der Waals surface area contributed by atoms with Gasteiger partial charge < -0.3 is 10.1 Å². The average molecular weight is 243 g/mol. The number of pyridine rings is 1. The topological polar surface area (TPSA) is 34.1 Å². The smallest absolute Gasteiger partial charge is 0.122 e. The minimum absolute atomic E-state index is 0.215. The van der Waals surface area contributed by atoms with Gasteiger partial charge in [-0.25, -0.2) is 0 Å². The molecule has 0 bridgehead atoms. The van der Waals surface area contributed by atoms with E-state index in [0.717, 1.165) is 36.6 Å². The molecule has 1 aromatic rings. The van der Waals surface area contributed by atoms with Crippen LogP contribution in [0.3, 0.4) is 0 Å². The Bertz CT molecular complexity index is 329. The zero-order chi connectivity index (χ0) is 12.0. The number of hydrogen-bond acceptors (Lipinski definition) is 3. The van der Waals surface area contributed by atoms with E-state index in [1.807, 2.05) is 26.0 Å². The van der Waals surface area contributed by atoms with E-state index in [2.05, 4.69) is 10.3 Å². The van der Waals surface area contributed by atoms with Crippen molar-refractivity contribution >= 4 is 11.6 Å². The van der Waals surface area contributed by atoms with Crippen molar-refractivity contribution in [1.82, 2.24) is 10.3 Å². The van der Waals surface area contributed by atoms with E-state index >= 15 is 0 Å². The summed E-state index contributed by atoms with van der Waals surface area (Å²) in [5, 5.41) is 3.52. The third-order valence-corrected chi connectivity index (χ3v) is 2.46. The third kappa shape index (κ3) is 4.81. The Morgan fingerprint density at radius 3 is 2.88 bits per heavy atom. The Balaban J connectivity index is 2.44. The molecular weight excluding hydrogens is 224 g/mol. The highest BCUT2D eigenvalue weighted by Gasteiger charge is 2.01. The number of ether oxygens (including phenoxy) is 1. The van der Waals surface area contributed by atoms with E-state index in [1.165, 1.54) is 0 Å². The molecule has 3 nitrogen and oxygen atoms in total. The highest BCUT2D eigenvalue weighted by atomic mass is 35.5. The van der Waals surface area contributed by atoms with Crippen LogP contribution < -0.4 is 10.1 Å². The Kier molecular flexibility index (Phi) is 5.56. The van der Waals surface area contributed by atoms with E-state index in [9.17, 15) is 0 Å². The van der Waals surface area contributed by atoms with Crippen LogP contribution in [0.15, 0.2) is 12.1 Å². The van der Waals surface area contributed by atoms with Crippen LogP contribution in [0.5, 0.6) is 5.75 Å². The second-order valence-electron chi connectivity index (χ2n) is 3.89. The fourth-order valence-corrected chi connectivity index (χ4v) is 1.54. The number of methoxy groups -OCH3 is 1. The maximum atomic E-state index is 5.86. The lowest BCUT2D eigenvalue weighted by Gasteiger charge is -2.08. The number of hydrogen-bond donors (Lipinski definition) is 1. The molecule has 0 fully saturated rings. The van der Waals surface area contributed by atoms with Crippen LogP contribution in [-0.2, 0) is 6.54 Å². The lowest BCUT2D eigenvalue weighted by atomic mass is 10.2. The van der Waals surface area contributed by atoms with Crippen LogP contribution in [0, 0.1) is 6.92 Å². The number of rotatable bonds is 6. The van der Waals surface area contributed by atoms with Crippen molar-refractivity contribution in [1.29, 1.82) is 0 Å². The van der Waals surface area contributed by atoms with Crippen molar-refractivity contribution in [3.63, 3.8) is 0 Å². The molecule has 0 amide bonds. The first-order valence-corrected chi connectivity index (χ1v) is 5.92. The molecule has 0 aliphatic carbocycles. The molecule has 1 aromatic heterocycles. The highest BCUT2D eigenvalue weighted by Crippen LogP contribution is 2.13. The first-order valence-electron chi connectivity index (χ1n) is 5.48. The zero-order valence-corrected chi connectivity index (χ0v) is 10.8. The number of alkyl halides is 1. The van der Waals surface area contributed by atoms with Crippen molar-refractivity contribution in [2.24, 2.45) is 0 Å². The molecule has 0 radical (unpaired) electrons. The summed E-state index contributed by atoms with van der Waals surface area (Å²) in [6.07, 6.45) is 0.963. The van der Waals surface area contributed by atoms with Gasteiger partial charge in [-0.05, 0) is 26.8 Å². The van der Waals surface area contributed by atoms with Crippen molar-refractivity contribution in [3.05, 3.63) is 23.5 Å². The molecule has 0 aliphatic heterocycles. The van der Waals surface area contributed by atoms with Gasteiger partial charge in [-0.15, -0.1) is 11.6 Å². The van der Waals surface area contributed by atoms with Crippen molar-refractivity contribution in [2.45, 2.75) is 32.2 Å². The predicted octanol–water partition coefficient (Wildman–Crippen LogP) is 2.51. The Hall–Kier alpha value is -0.800. The van der Waals surface area contributed by atoms with Gasteiger partial charge >= 0.3 is 0 Å². The third-order valence-electron chi connectivity index (χ3n) is 2.24. The maximum absolute atomic E-state index is 5.86. The van der Waals surface area contributed by atoms with Gasteiger partial charge in [0.15, 0.2) is 0 Å². The molecule has 1 heterocycles. The molecule has 0 spiro atoms. The van der Waals surface area contributed by atoms with Crippen molar-refractivity contribution in [3.8, 4) is 5.75 Å². The summed E-state index contributed by atoms with van der Waals surface area (Å²) in [5.74, 6) is 0.856. The SMILES string of the molecule is COc1cc(C)nc(CNCCC(C)Cl)c1. The first kappa shape index (κ1) is 13.3. The van der Waals surface area contributed by atoms with E-state index < -0.39 is 0 Å². The minimum Gasteiger partial charge on any atom is -0.497 e. The van der Waals surface area contributed by atoms with Crippen LogP contribution >= 0.6 is 11.6 Å². The lowest BCUT2D eigenvalue weighted by molar-refractivity contribution is 0.412. The summed E-state index contributed by atoms with van der Waals surface area (Å²) in [6.45, 7) is 5.62. The summed E-state index contributed by atoms with van der Waals surface area (Å²) in [7, 11) is 1.67. The van der Waals surface area contributed by atoms with Crippen LogP contribution in [-0.4, -0.2) is 24.0 Å². The number of nitrogens with zero attached hydrogens (tertiary/aromatic N) is 1. The lowest BCUT2D eigenvalue weighted by Crippen LogP contribution is -2.18. The van der Waals surface area contributed by atoms with Crippen molar-refractivity contribution < 1.29 is 4.74 Å². The number of halogens is 1. The Labute approximate surface area is 102 Å². The van der Waals surface area contributed by atoms with Crippen LogP contribution in [0.4, 0.5) is 0 Å². The second kappa shape index (κ2) is 6.71. The predicted molar refractivity (Wildman–Crippen MR) is 67.2 cm³/mol. The second-order valence-corrected chi connectivity index (χ2v) is 4.63. The van der Waals surface area contributed by atoms with Gasteiger partial charge in [-0.2, -0.15) is 0 Å². The van der Waals surface area contributed by atoms with Gasteiger partial charge in [-0.3, -0.25) is 4.98 Å². The van der Waals surface area contributed by atoms with E-state index in [0.29, 0.717) is 0 Å². The molecular formula is C12H19ClN2O. The van der Waals surface area contributed by atoms with Crippen LogP contribution in [0.2, 0.25) is 0 Å². The van der Waals surface area contributed by atoms with Gasteiger partial charge in [0.25, 0.3) is 0 Å². The zero-order valence-electron chi connectivity index (χ0n) is 10.1. The molecule has 0 saturated carbocycles. The first-order chi connectivity index (χ1) is 7.61. The molecule has 0 saturated heterocycles.